The van der Waals surface area contributed by atoms with Crippen molar-refractivity contribution in [3.63, 3.8) is 0 Å². The number of methoxy groups -OCH3 is 2. The average molecular weight is 1000 g/mol. The van der Waals surface area contributed by atoms with Crippen molar-refractivity contribution in [3.05, 3.63) is 113 Å². The largest absolute Gasteiger partial charge is 0.493 e. The van der Waals surface area contributed by atoms with E-state index in [-0.39, 0.29) is 62.3 Å². The number of hydrogen-bond donors (Lipinski definition) is 1. The predicted molar refractivity (Wildman–Crippen MR) is 282 cm³/mol. The van der Waals surface area contributed by atoms with Crippen LogP contribution in [0.1, 0.15) is 56.7 Å². The highest BCUT2D eigenvalue weighted by Gasteiger charge is 2.45. The molecular weight excluding hydrogens is 935 g/mol. The Labute approximate surface area is 419 Å². The summed E-state index contributed by atoms with van der Waals surface area (Å²) in [6, 6.07) is 22.4. The molecule has 0 aliphatic carbocycles. The van der Waals surface area contributed by atoms with Gasteiger partial charge in [0.1, 0.15) is 25.5 Å². The van der Waals surface area contributed by atoms with Gasteiger partial charge >= 0.3 is 0 Å². The maximum Gasteiger partial charge on any atom is 0.260 e. The van der Waals surface area contributed by atoms with Gasteiger partial charge in [-0.3, -0.25) is 29.0 Å². The minimum atomic E-state index is -1.45. The summed E-state index contributed by atoms with van der Waals surface area (Å²) in [4.78, 5) is 64.2. The number of benzene rings is 4. The first-order valence-corrected chi connectivity index (χ1v) is 31.7. The highest BCUT2D eigenvalue weighted by Crippen LogP contribution is 2.44. The second-order valence-corrected chi connectivity index (χ2v) is 32.2. The second kappa shape index (κ2) is 21.1. The molecule has 4 heterocycles. The summed E-state index contributed by atoms with van der Waals surface area (Å²) in [7, 11) is 0.127. The number of anilines is 3. The van der Waals surface area contributed by atoms with Crippen LogP contribution in [-0.4, -0.2) is 116 Å². The fourth-order valence-electron chi connectivity index (χ4n) is 9.04. The molecule has 15 nitrogen and oxygen atoms in total. The quantitative estimate of drug-likeness (QED) is 0.0510. The third kappa shape index (κ3) is 11.2. The van der Waals surface area contributed by atoms with Crippen molar-refractivity contribution in [2.75, 3.05) is 69.6 Å². The van der Waals surface area contributed by atoms with Crippen LogP contribution in [0, 0.1) is 6.92 Å². The average Bonchev–Trinajstić information content (AvgIpc) is 3.96. The van der Waals surface area contributed by atoms with E-state index in [1.54, 1.807) is 47.6 Å². The molecule has 4 aromatic rings. The number of fused-ring (bicyclic) bond motifs is 4. The molecular formula is C54H67N5O10Si2. The standard InChI is InChI=1S/C54H67N5O10Si2/c1-35-15-17-36(18-16-35)37-25-45-53(62)58(33-66-21-23-70(4,5)6)43-29-49(47(64-2)27-40(43)51(60)56(45)31-37)68-19-12-20-69-50-30-44-41(28-48(50)65-3)52(61)57-32-38(39-13-10-11-14-42(39)55)26-46(57)54(63)59(44)34-67-22-24-71(7,8)9/h10-11,13-18,27-32,45-46H,12,19-26,33-34,55H2,1-9H3/t45-,46-/m0/s1. The molecule has 0 aromatic heterocycles. The van der Waals surface area contributed by atoms with E-state index in [2.05, 4.69) is 39.3 Å². The Morgan fingerprint density at radius 3 is 1.51 bits per heavy atom. The molecule has 0 saturated carbocycles. The molecule has 0 bridgehead atoms. The minimum Gasteiger partial charge on any atom is -0.493 e. The van der Waals surface area contributed by atoms with Crippen molar-refractivity contribution in [2.24, 2.45) is 0 Å². The normalized spacial score (nSPS) is 17.8. The van der Waals surface area contributed by atoms with Gasteiger partial charge in [0.25, 0.3) is 23.6 Å². The number of nitrogen functional groups attached to an aromatic ring is 1. The molecule has 4 amide bonds. The van der Waals surface area contributed by atoms with Gasteiger partial charge in [0.15, 0.2) is 23.0 Å². The molecule has 2 atom stereocenters. The summed E-state index contributed by atoms with van der Waals surface area (Å²) < 4.78 is 36.6. The maximum absolute atomic E-state index is 14.6. The number of hydrogen-bond acceptors (Lipinski definition) is 11. The van der Waals surface area contributed by atoms with E-state index >= 15 is 0 Å². The van der Waals surface area contributed by atoms with E-state index in [4.69, 9.17) is 34.2 Å². The van der Waals surface area contributed by atoms with Crippen LogP contribution in [-0.2, 0) is 19.1 Å². The van der Waals surface area contributed by atoms with Crippen molar-refractivity contribution in [1.29, 1.82) is 0 Å². The smallest absolute Gasteiger partial charge is 0.260 e. The lowest BCUT2D eigenvalue weighted by molar-refractivity contribution is -0.123. The first-order valence-electron chi connectivity index (χ1n) is 24.3. The number of nitrogens with two attached hydrogens (primary N) is 1. The molecule has 0 fully saturated rings. The summed E-state index contributed by atoms with van der Waals surface area (Å²) in [6.07, 6.45) is 4.56. The number of ether oxygens (including phenoxy) is 6. The molecule has 0 saturated heterocycles. The Hall–Kier alpha value is -6.41. The van der Waals surface area contributed by atoms with Gasteiger partial charge in [-0.05, 0) is 53.9 Å². The molecule has 2 N–H and O–H groups in total. The van der Waals surface area contributed by atoms with Gasteiger partial charge in [-0.25, -0.2) is 0 Å². The SMILES string of the molecule is COc1cc2c(cc1OCCCOc1cc3c(cc1OC)C(=O)N1C=C(c4ccccc4N)C[C@H]1C(=O)N3COCC[Si](C)(C)C)N(COCC[Si](C)(C)C)C(=O)[C@@H]1CC(c3ccc(C)cc3)=CN1C2=O. The lowest BCUT2D eigenvalue weighted by Crippen LogP contribution is -2.45. The van der Waals surface area contributed by atoms with Crippen molar-refractivity contribution in [3.8, 4) is 23.0 Å². The third-order valence-corrected chi connectivity index (χ3v) is 16.6. The lowest BCUT2D eigenvalue weighted by atomic mass is 10.0. The van der Waals surface area contributed by atoms with Crippen LogP contribution >= 0.6 is 0 Å². The monoisotopic (exact) mass is 1000 g/mol. The zero-order valence-corrected chi connectivity index (χ0v) is 44.5. The van der Waals surface area contributed by atoms with E-state index < -0.39 is 28.2 Å². The summed E-state index contributed by atoms with van der Waals surface area (Å²) in [6.45, 7) is 16.8. The molecule has 376 valence electrons. The van der Waals surface area contributed by atoms with Crippen molar-refractivity contribution >= 4 is 68.0 Å². The molecule has 0 radical (unpaired) electrons. The molecule has 17 heteroatoms. The zero-order chi connectivity index (χ0) is 50.8. The molecule has 4 aliphatic rings. The van der Waals surface area contributed by atoms with Crippen LogP contribution in [0.3, 0.4) is 0 Å². The molecule has 4 aromatic carbocycles. The predicted octanol–water partition coefficient (Wildman–Crippen LogP) is 9.27. The third-order valence-electron chi connectivity index (χ3n) is 13.2. The van der Waals surface area contributed by atoms with Gasteiger partial charge in [0, 0.05) is 84.4 Å². The Balaban J connectivity index is 1.02. The second-order valence-electron chi connectivity index (χ2n) is 20.9. The topological polar surface area (TPSA) is 163 Å². The molecule has 0 unspecified atom stereocenters. The lowest BCUT2D eigenvalue weighted by Gasteiger charge is -2.27. The Morgan fingerprint density at radius 2 is 1.04 bits per heavy atom. The highest BCUT2D eigenvalue weighted by molar-refractivity contribution is 6.76. The van der Waals surface area contributed by atoms with Crippen LogP contribution < -0.4 is 34.5 Å². The minimum absolute atomic E-state index is 0.0333. The van der Waals surface area contributed by atoms with Crippen LogP contribution in [0.25, 0.3) is 11.1 Å². The van der Waals surface area contributed by atoms with Gasteiger partial charge in [-0.15, -0.1) is 0 Å². The molecule has 71 heavy (non-hydrogen) atoms. The molecule has 0 spiro atoms. The fourth-order valence-corrected chi connectivity index (χ4v) is 10.6. The zero-order valence-electron chi connectivity index (χ0n) is 42.5. The summed E-state index contributed by atoms with van der Waals surface area (Å²) in [5.74, 6) is 0.105. The van der Waals surface area contributed by atoms with Gasteiger partial charge in [-0.2, -0.15) is 0 Å². The van der Waals surface area contributed by atoms with Gasteiger partial charge in [-0.1, -0.05) is 87.3 Å². The maximum atomic E-state index is 14.6. The van der Waals surface area contributed by atoms with E-state index in [0.717, 1.165) is 39.9 Å². The van der Waals surface area contributed by atoms with Crippen LogP contribution in [0.15, 0.2) is 85.2 Å². The number of carbonyl (C=O) groups is 4. The van der Waals surface area contributed by atoms with E-state index in [1.807, 2.05) is 49.4 Å². The van der Waals surface area contributed by atoms with Crippen LogP contribution in [0.2, 0.25) is 51.4 Å². The fraction of sp³-hybridized carbons (Fsp3) is 0.407. The Bertz CT molecular complexity index is 2750. The van der Waals surface area contributed by atoms with Crippen LogP contribution in [0.4, 0.5) is 17.1 Å². The van der Waals surface area contributed by atoms with E-state index in [9.17, 15) is 19.2 Å². The number of aryl methyl sites for hydroxylation is 1. The summed E-state index contributed by atoms with van der Waals surface area (Å²) >= 11 is 0. The summed E-state index contributed by atoms with van der Waals surface area (Å²) in [5, 5.41) is 0. The molecule has 4 aliphatic heterocycles. The van der Waals surface area contributed by atoms with Crippen LogP contribution in [0.5, 0.6) is 23.0 Å². The van der Waals surface area contributed by atoms with Crippen molar-refractivity contribution in [1.82, 2.24) is 9.80 Å². The Morgan fingerprint density at radius 1 is 0.577 bits per heavy atom. The first kappa shape index (κ1) is 51.0. The van der Waals surface area contributed by atoms with Gasteiger partial charge in [0.2, 0.25) is 0 Å². The first-order chi connectivity index (χ1) is 33.8. The van der Waals surface area contributed by atoms with Gasteiger partial charge < -0.3 is 44.0 Å². The number of rotatable bonds is 20. The van der Waals surface area contributed by atoms with Gasteiger partial charge in [0.05, 0.1) is 49.9 Å². The molecule has 8 rings (SSSR count). The Kier molecular flexibility index (Phi) is 15.2. The van der Waals surface area contributed by atoms with E-state index in [1.165, 1.54) is 28.9 Å². The highest BCUT2D eigenvalue weighted by atomic mass is 28.3. The number of nitrogens with zero attached hydrogens (tertiary/aromatic N) is 4. The van der Waals surface area contributed by atoms with Crippen molar-refractivity contribution in [2.45, 2.75) is 89.6 Å². The number of carbonyl (C=O) groups excluding carboxylic acids is 4. The summed E-state index contributed by atoms with van der Waals surface area (Å²) in [5.41, 5.74) is 12.8. The van der Waals surface area contributed by atoms with E-state index in [0.29, 0.717) is 71.7 Å². The number of para-hydroxylation sites is 1. The number of amides is 4. The van der Waals surface area contributed by atoms with Crippen molar-refractivity contribution < 1.29 is 47.6 Å².